The Morgan fingerprint density at radius 2 is 2.43 bits per heavy atom. The van der Waals surface area contributed by atoms with Crippen LogP contribution in [0.4, 0.5) is 0 Å². The first-order valence-electron chi connectivity index (χ1n) is 4.89. The van der Waals surface area contributed by atoms with Crippen LogP contribution in [0.2, 0.25) is 0 Å². The van der Waals surface area contributed by atoms with E-state index >= 15 is 0 Å². The van der Waals surface area contributed by atoms with E-state index in [1.807, 2.05) is 11.8 Å². The second-order valence-electron chi connectivity index (χ2n) is 3.57. The van der Waals surface area contributed by atoms with E-state index in [-0.39, 0.29) is 0 Å². The lowest BCUT2D eigenvalue weighted by molar-refractivity contribution is -0.119. The van der Waals surface area contributed by atoms with Crippen LogP contribution >= 0.6 is 11.8 Å². The van der Waals surface area contributed by atoms with Crippen LogP contribution in [0.3, 0.4) is 0 Å². The van der Waals surface area contributed by atoms with Crippen LogP contribution in [0.5, 0.6) is 0 Å². The third-order valence-corrected chi connectivity index (χ3v) is 3.95. The van der Waals surface area contributed by atoms with Gasteiger partial charge in [-0.2, -0.15) is 11.8 Å². The highest BCUT2D eigenvalue weighted by Crippen LogP contribution is 2.26. The van der Waals surface area contributed by atoms with Crippen LogP contribution < -0.4 is 11.5 Å². The fraction of sp³-hybridized carbons (Fsp3) is 0.889. The quantitative estimate of drug-likeness (QED) is 0.686. The lowest BCUT2D eigenvalue weighted by Crippen LogP contribution is -2.36. The molecule has 1 saturated heterocycles. The molecule has 0 radical (unpaired) electrons. The Kier molecular flexibility index (Phi) is 4.71. The molecule has 0 spiro atoms. The van der Waals surface area contributed by atoms with Gasteiger partial charge >= 0.3 is 0 Å². The predicted octanol–water partition coefficient (Wildman–Crippen LogP) is 0.0997. The van der Waals surface area contributed by atoms with Crippen molar-refractivity contribution in [2.45, 2.75) is 37.2 Å². The predicted molar refractivity (Wildman–Crippen MR) is 58.1 cm³/mol. The number of hydrogen-bond donors (Lipinski definition) is 2. The smallest absolute Gasteiger partial charge is 0.234 e. The summed E-state index contributed by atoms with van der Waals surface area (Å²) in [5.41, 5.74) is 10.6. The Balaban J connectivity index is 2.11. The van der Waals surface area contributed by atoms with Gasteiger partial charge in [-0.1, -0.05) is 0 Å². The number of hydrogen-bond acceptors (Lipinski definition) is 4. The largest absolute Gasteiger partial charge is 0.377 e. The molecular weight excluding hydrogens is 200 g/mol. The highest BCUT2D eigenvalue weighted by Gasteiger charge is 2.24. The highest BCUT2D eigenvalue weighted by atomic mass is 32.2. The van der Waals surface area contributed by atoms with E-state index in [1.165, 1.54) is 0 Å². The van der Waals surface area contributed by atoms with Crippen molar-refractivity contribution < 1.29 is 9.53 Å². The van der Waals surface area contributed by atoms with Crippen molar-refractivity contribution in [1.82, 2.24) is 0 Å². The number of ether oxygens (including phenoxy) is 1. The number of nitrogens with two attached hydrogens (primary N) is 2. The summed E-state index contributed by atoms with van der Waals surface area (Å²) in [6.45, 7) is 2.93. The van der Waals surface area contributed by atoms with Crippen LogP contribution in [-0.2, 0) is 9.53 Å². The highest BCUT2D eigenvalue weighted by molar-refractivity contribution is 7.99. The molecule has 3 unspecified atom stereocenters. The van der Waals surface area contributed by atoms with Crippen LogP contribution in [0.1, 0.15) is 19.8 Å². The van der Waals surface area contributed by atoms with Crippen molar-refractivity contribution in [3.63, 3.8) is 0 Å². The minimum absolute atomic E-state index is 0.324. The molecule has 4 nitrogen and oxygen atoms in total. The summed E-state index contributed by atoms with van der Waals surface area (Å²) in [5, 5.41) is 0.551. The van der Waals surface area contributed by atoms with Gasteiger partial charge in [0.15, 0.2) is 0 Å². The molecule has 1 amide bonds. The minimum atomic E-state index is -0.500. The summed E-state index contributed by atoms with van der Waals surface area (Å²) < 4.78 is 5.43. The molecular formula is C9H18N2O2S. The zero-order valence-electron chi connectivity index (χ0n) is 8.44. The molecule has 1 aliphatic heterocycles. The van der Waals surface area contributed by atoms with Crippen molar-refractivity contribution in [1.29, 1.82) is 0 Å². The summed E-state index contributed by atoms with van der Waals surface area (Å²) >= 11 is 1.83. The molecule has 0 saturated carbocycles. The third kappa shape index (κ3) is 3.48. The minimum Gasteiger partial charge on any atom is -0.377 e. The number of primary amides is 1. The van der Waals surface area contributed by atoms with Gasteiger partial charge < -0.3 is 16.2 Å². The Morgan fingerprint density at radius 3 is 2.93 bits per heavy atom. The number of rotatable bonds is 5. The van der Waals surface area contributed by atoms with E-state index in [0.717, 1.165) is 18.8 Å². The third-order valence-electron chi connectivity index (χ3n) is 2.43. The van der Waals surface area contributed by atoms with Crippen molar-refractivity contribution in [2.24, 2.45) is 11.5 Å². The van der Waals surface area contributed by atoms with Gasteiger partial charge in [0.2, 0.25) is 5.91 Å². The number of amides is 1. The molecule has 1 rings (SSSR count). The fourth-order valence-electron chi connectivity index (χ4n) is 1.42. The Hall–Kier alpha value is -0.260. The van der Waals surface area contributed by atoms with Gasteiger partial charge in [-0.15, -0.1) is 0 Å². The van der Waals surface area contributed by atoms with Gasteiger partial charge in [-0.3, -0.25) is 4.79 Å². The van der Waals surface area contributed by atoms with Gasteiger partial charge in [0.05, 0.1) is 12.1 Å². The first kappa shape index (κ1) is 11.8. The Bertz CT molecular complexity index is 201. The molecule has 0 aliphatic carbocycles. The summed E-state index contributed by atoms with van der Waals surface area (Å²) in [4.78, 5) is 10.7. The molecule has 3 atom stereocenters. The Labute approximate surface area is 88.7 Å². The molecule has 0 bridgehead atoms. The molecule has 0 aromatic carbocycles. The molecule has 0 aromatic rings. The SMILES string of the molecule is CC1OCCC1SCCC(N)C(N)=O. The van der Waals surface area contributed by atoms with E-state index in [0.29, 0.717) is 17.8 Å². The van der Waals surface area contributed by atoms with Crippen LogP contribution in [0.15, 0.2) is 0 Å². The zero-order chi connectivity index (χ0) is 10.6. The first-order valence-corrected chi connectivity index (χ1v) is 5.94. The monoisotopic (exact) mass is 218 g/mol. The Morgan fingerprint density at radius 1 is 1.71 bits per heavy atom. The van der Waals surface area contributed by atoms with E-state index in [4.69, 9.17) is 16.2 Å². The normalized spacial score (nSPS) is 29.0. The average Bonchev–Trinajstić information content (AvgIpc) is 2.51. The molecule has 1 aliphatic rings. The summed E-state index contributed by atoms with van der Waals surface area (Å²) in [5.74, 6) is 0.462. The lowest BCUT2D eigenvalue weighted by atomic mass is 10.2. The maximum Gasteiger partial charge on any atom is 0.234 e. The molecule has 82 valence electrons. The van der Waals surface area contributed by atoms with Gasteiger partial charge in [0.25, 0.3) is 0 Å². The van der Waals surface area contributed by atoms with E-state index in [2.05, 4.69) is 6.92 Å². The van der Waals surface area contributed by atoms with E-state index < -0.39 is 11.9 Å². The van der Waals surface area contributed by atoms with E-state index in [1.54, 1.807) is 0 Å². The van der Waals surface area contributed by atoms with E-state index in [9.17, 15) is 4.79 Å². The second kappa shape index (κ2) is 5.58. The number of carbonyl (C=O) groups is 1. The van der Waals surface area contributed by atoms with Crippen molar-refractivity contribution in [3.05, 3.63) is 0 Å². The maximum atomic E-state index is 10.7. The number of carbonyl (C=O) groups excluding carboxylic acids is 1. The second-order valence-corrected chi connectivity index (χ2v) is 4.92. The van der Waals surface area contributed by atoms with Gasteiger partial charge in [0, 0.05) is 11.9 Å². The average molecular weight is 218 g/mol. The fourth-order valence-corrected chi connectivity index (χ4v) is 2.72. The van der Waals surface area contributed by atoms with Gasteiger partial charge in [0.1, 0.15) is 0 Å². The summed E-state index contributed by atoms with van der Waals surface area (Å²) in [6.07, 6.45) is 2.07. The molecule has 1 fully saturated rings. The molecule has 14 heavy (non-hydrogen) atoms. The van der Waals surface area contributed by atoms with Crippen LogP contribution in [0.25, 0.3) is 0 Å². The maximum absolute atomic E-state index is 10.7. The zero-order valence-corrected chi connectivity index (χ0v) is 9.26. The molecule has 0 aromatic heterocycles. The molecule has 5 heteroatoms. The van der Waals surface area contributed by atoms with Crippen LogP contribution in [0, 0.1) is 0 Å². The molecule has 1 heterocycles. The first-order chi connectivity index (χ1) is 6.61. The van der Waals surface area contributed by atoms with Crippen molar-refractivity contribution in [2.75, 3.05) is 12.4 Å². The van der Waals surface area contributed by atoms with Crippen molar-refractivity contribution >= 4 is 17.7 Å². The number of thioether (sulfide) groups is 1. The van der Waals surface area contributed by atoms with Crippen molar-refractivity contribution in [3.8, 4) is 0 Å². The summed E-state index contributed by atoms with van der Waals surface area (Å²) in [7, 11) is 0. The standard InChI is InChI=1S/C9H18N2O2S/c1-6-8(2-4-13-6)14-5-3-7(10)9(11)12/h6-8H,2-5,10H2,1H3,(H2,11,12). The summed E-state index contributed by atoms with van der Waals surface area (Å²) in [6, 6.07) is -0.500. The molecule has 4 N–H and O–H groups in total. The topological polar surface area (TPSA) is 78.3 Å². The van der Waals surface area contributed by atoms with Gasteiger partial charge in [-0.25, -0.2) is 0 Å². The lowest BCUT2D eigenvalue weighted by Gasteiger charge is -2.14. The van der Waals surface area contributed by atoms with Gasteiger partial charge in [-0.05, 0) is 25.5 Å². The van der Waals surface area contributed by atoms with Crippen LogP contribution in [-0.4, -0.2) is 35.7 Å².